The van der Waals surface area contributed by atoms with Crippen LogP contribution in [0.3, 0.4) is 0 Å². The van der Waals surface area contributed by atoms with Crippen LogP contribution in [0.2, 0.25) is 5.02 Å². The number of rotatable bonds is 3. The van der Waals surface area contributed by atoms with Crippen molar-refractivity contribution < 1.29 is 4.79 Å². The van der Waals surface area contributed by atoms with Gasteiger partial charge in [0.25, 0.3) is 0 Å². The number of hydrogen-bond donors (Lipinski definition) is 1. The Morgan fingerprint density at radius 2 is 2.29 bits per heavy atom. The number of halogens is 2. The fraction of sp³-hybridized carbons (Fsp3) is 0.333. The maximum absolute atomic E-state index is 11.9. The van der Waals surface area contributed by atoms with Gasteiger partial charge in [-0.3, -0.25) is 4.79 Å². The van der Waals surface area contributed by atoms with Gasteiger partial charge in [0.15, 0.2) is 0 Å². The van der Waals surface area contributed by atoms with Crippen LogP contribution in [0.15, 0.2) is 22.7 Å². The Morgan fingerprint density at radius 3 is 2.76 bits per heavy atom. The lowest BCUT2D eigenvalue weighted by molar-refractivity contribution is -0.122. The van der Waals surface area contributed by atoms with Gasteiger partial charge < -0.3 is 5.32 Å². The summed E-state index contributed by atoms with van der Waals surface area (Å²) in [5.41, 5.74) is -0.396. The molecule has 0 aliphatic rings. The number of nitriles is 1. The van der Waals surface area contributed by atoms with Crippen LogP contribution in [0.4, 0.5) is 5.69 Å². The summed E-state index contributed by atoms with van der Waals surface area (Å²) in [6.45, 7) is 3.42. The molecule has 0 aliphatic heterocycles. The third-order valence-electron chi connectivity index (χ3n) is 2.63. The molecule has 0 radical (unpaired) electrons. The van der Waals surface area contributed by atoms with Crippen molar-refractivity contribution in [3.05, 3.63) is 27.7 Å². The lowest BCUT2D eigenvalue weighted by atomic mass is 9.88. The zero-order valence-corrected chi connectivity index (χ0v) is 11.9. The van der Waals surface area contributed by atoms with E-state index in [9.17, 15) is 4.79 Å². The normalized spacial score (nSPS) is 13.6. The summed E-state index contributed by atoms with van der Waals surface area (Å²) in [6, 6.07) is 7.10. The molecule has 1 aromatic carbocycles. The predicted molar refractivity (Wildman–Crippen MR) is 71.8 cm³/mol. The first-order valence-corrected chi connectivity index (χ1v) is 6.28. The summed E-state index contributed by atoms with van der Waals surface area (Å²) < 4.78 is 0.701. The summed E-state index contributed by atoms with van der Waals surface area (Å²) in [4.78, 5) is 11.9. The molecule has 0 spiro atoms. The fourth-order valence-corrected chi connectivity index (χ4v) is 1.63. The molecule has 0 fully saturated rings. The monoisotopic (exact) mass is 314 g/mol. The van der Waals surface area contributed by atoms with Crippen molar-refractivity contribution >= 4 is 39.1 Å². The standard InChI is InChI=1S/C12H12BrClN2O/c1-3-12(2,7-15)11(17)16-8-4-5-10(14)9(13)6-8/h4-6H,3H2,1-2H3,(H,16,17). The summed E-state index contributed by atoms with van der Waals surface area (Å²) in [5, 5.41) is 12.3. The van der Waals surface area contributed by atoms with Crippen LogP contribution in [0.25, 0.3) is 0 Å². The lowest BCUT2D eigenvalue weighted by Crippen LogP contribution is -2.31. The Bertz CT molecular complexity index is 484. The van der Waals surface area contributed by atoms with E-state index in [1.807, 2.05) is 6.07 Å². The van der Waals surface area contributed by atoms with Crippen LogP contribution in [-0.2, 0) is 4.79 Å². The van der Waals surface area contributed by atoms with Gasteiger partial charge in [0.2, 0.25) is 5.91 Å². The number of carbonyl (C=O) groups is 1. The molecule has 0 saturated carbocycles. The number of hydrogen-bond acceptors (Lipinski definition) is 2. The maximum Gasteiger partial charge on any atom is 0.244 e. The summed E-state index contributed by atoms with van der Waals surface area (Å²) in [7, 11) is 0. The van der Waals surface area contributed by atoms with Gasteiger partial charge in [0.1, 0.15) is 5.41 Å². The van der Waals surface area contributed by atoms with Gasteiger partial charge >= 0.3 is 0 Å². The molecule has 0 bridgehead atoms. The zero-order valence-electron chi connectivity index (χ0n) is 9.55. The maximum atomic E-state index is 11.9. The highest BCUT2D eigenvalue weighted by molar-refractivity contribution is 9.10. The van der Waals surface area contributed by atoms with E-state index in [1.165, 1.54) is 0 Å². The van der Waals surface area contributed by atoms with Gasteiger partial charge in [0.05, 0.1) is 11.1 Å². The van der Waals surface area contributed by atoms with Crippen LogP contribution < -0.4 is 5.32 Å². The summed E-state index contributed by atoms with van der Waals surface area (Å²) in [5.74, 6) is -0.309. The van der Waals surface area contributed by atoms with Crippen LogP contribution >= 0.6 is 27.5 Å². The smallest absolute Gasteiger partial charge is 0.244 e. The number of nitrogens with zero attached hydrogens (tertiary/aromatic N) is 1. The Labute approximate surface area is 114 Å². The molecule has 1 amide bonds. The quantitative estimate of drug-likeness (QED) is 0.917. The summed E-state index contributed by atoms with van der Waals surface area (Å²) in [6.07, 6.45) is 0.462. The predicted octanol–water partition coefficient (Wildman–Crippen LogP) is 3.98. The molecule has 0 heterocycles. The molecule has 0 aromatic heterocycles. The second-order valence-corrected chi connectivity index (χ2v) is 5.14. The van der Waals surface area contributed by atoms with Crippen molar-refractivity contribution in [2.24, 2.45) is 5.41 Å². The van der Waals surface area contributed by atoms with Gasteiger partial charge in [-0.05, 0) is 47.5 Å². The molecule has 1 aromatic rings. The molecule has 3 nitrogen and oxygen atoms in total. The highest BCUT2D eigenvalue weighted by atomic mass is 79.9. The van der Waals surface area contributed by atoms with E-state index in [0.717, 1.165) is 0 Å². The number of benzene rings is 1. The third-order valence-corrected chi connectivity index (χ3v) is 3.85. The van der Waals surface area contributed by atoms with Crippen molar-refractivity contribution in [2.45, 2.75) is 20.3 Å². The molecule has 1 rings (SSSR count). The molecule has 17 heavy (non-hydrogen) atoms. The average Bonchev–Trinajstić information content (AvgIpc) is 2.32. The molecule has 1 N–H and O–H groups in total. The van der Waals surface area contributed by atoms with Gasteiger partial charge in [-0.1, -0.05) is 18.5 Å². The first kappa shape index (κ1) is 14.0. The van der Waals surface area contributed by atoms with E-state index in [1.54, 1.807) is 32.0 Å². The molecule has 0 saturated heterocycles. The minimum atomic E-state index is -1.01. The van der Waals surface area contributed by atoms with Gasteiger partial charge in [-0.15, -0.1) is 0 Å². The number of nitrogens with one attached hydrogen (secondary N) is 1. The Hall–Kier alpha value is -1.05. The van der Waals surface area contributed by atoms with Crippen LogP contribution in [0.5, 0.6) is 0 Å². The molecular formula is C12H12BrClN2O. The van der Waals surface area contributed by atoms with Crippen LogP contribution in [-0.4, -0.2) is 5.91 Å². The fourth-order valence-electron chi connectivity index (χ4n) is 1.13. The molecule has 0 aliphatic carbocycles. The first-order valence-electron chi connectivity index (χ1n) is 5.10. The van der Waals surface area contributed by atoms with E-state index in [4.69, 9.17) is 16.9 Å². The highest BCUT2D eigenvalue weighted by Gasteiger charge is 2.31. The second-order valence-electron chi connectivity index (χ2n) is 3.88. The van der Waals surface area contributed by atoms with Crippen molar-refractivity contribution in [3.8, 4) is 6.07 Å². The highest BCUT2D eigenvalue weighted by Crippen LogP contribution is 2.27. The van der Waals surface area contributed by atoms with Crippen LogP contribution in [0.1, 0.15) is 20.3 Å². The summed E-state index contributed by atoms with van der Waals surface area (Å²) >= 11 is 9.12. The number of carbonyl (C=O) groups excluding carboxylic acids is 1. The SMILES string of the molecule is CCC(C)(C#N)C(=O)Nc1ccc(Cl)c(Br)c1. The molecule has 1 unspecified atom stereocenters. The number of amides is 1. The first-order chi connectivity index (χ1) is 7.92. The van der Waals surface area contributed by atoms with E-state index < -0.39 is 5.41 Å². The average molecular weight is 316 g/mol. The van der Waals surface area contributed by atoms with Crippen molar-refractivity contribution in [2.75, 3.05) is 5.32 Å². The van der Waals surface area contributed by atoms with Crippen molar-refractivity contribution in [1.29, 1.82) is 5.26 Å². The molecule has 1 atom stereocenters. The van der Waals surface area contributed by atoms with E-state index in [2.05, 4.69) is 21.2 Å². The molecule has 90 valence electrons. The van der Waals surface area contributed by atoms with Crippen molar-refractivity contribution in [1.82, 2.24) is 0 Å². The molecular weight excluding hydrogens is 304 g/mol. The Balaban J connectivity index is 2.89. The van der Waals surface area contributed by atoms with Gasteiger partial charge in [0, 0.05) is 10.2 Å². The van der Waals surface area contributed by atoms with Crippen molar-refractivity contribution in [3.63, 3.8) is 0 Å². The topological polar surface area (TPSA) is 52.9 Å². The van der Waals surface area contributed by atoms with E-state index in [-0.39, 0.29) is 5.91 Å². The minimum Gasteiger partial charge on any atom is -0.325 e. The second kappa shape index (κ2) is 5.52. The van der Waals surface area contributed by atoms with Gasteiger partial charge in [-0.2, -0.15) is 5.26 Å². The minimum absolute atomic E-state index is 0.309. The zero-order chi connectivity index (χ0) is 13.1. The largest absolute Gasteiger partial charge is 0.325 e. The number of anilines is 1. The van der Waals surface area contributed by atoms with Crippen LogP contribution in [0, 0.1) is 16.7 Å². The lowest BCUT2D eigenvalue weighted by Gasteiger charge is -2.18. The van der Waals surface area contributed by atoms with E-state index in [0.29, 0.717) is 21.6 Å². The Morgan fingerprint density at radius 1 is 1.65 bits per heavy atom. The Kier molecular flexibility index (Phi) is 4.55. The van der Waals surface area contributed by atoms with Gasteiger partial charge in [-0.25, -0.2) is 0 Å². The molecule has 5 heteroatoms. The third kappa shape index (κ3) is 3.21. The van der Waals surface area contributed by atoms with E-state index >= 15 is 0 Å².